The van der Waals surface area contributed by atoms with E-state index in [4.69, 9.17) is 9.15 Å². The van der Waals surface area contributed by atoms with Gasteiger partial charge in [0, 0.05) is 31.6 Å². The molecule has 170 valence electrons. The Morgan fingerprint density at radius 3 is 2.55 bits per heavy atom. The molecule has 1 atom stereocenters. The maximum atomic E-state index is 13.5. The zero-order valence-corrected chi connectivity index (χ0v) is 17.9. The number of hydrogen-bond donors (Lipinski definition) is 2. The van der Waals surface area contributed by atoms with Crippen LogP contribution < -0.4 is 0 Å². The van der Waals surface area contributed by atoms with Crippen molar-refractivity contribution in [3.63, 3.8) is 0 Å². The van der Waals surface area contributed by atoms with E-state index in [1.807, 2.05) is 12.1 Å². The van der Waals surface area contributed by atoms with E-state index in [1.165, 1.54) is 17.0 Å². The second kappa shape index (κ2) is 8.73. The van der Waals surface area contributed by atoms with Crippen LogP contribution in [0, 0.1) is 0 Å². The van der Waals surface area contributed by atoms with Gasteiger partial charge in [-0.15, -0.1) is 0 Å². The Morgan fingerprint density at radius 1 is 1.00 bits per heavy atom. The van der Waals surface area contributed by atoms with Gasteiger partial charge in [-0.2, -0.15) is 0 Å². The van der Waals surface area contributed by atoms with E-state index in [0.29, 0.717) is 37.4 Å². The normalized spacial score (nSPS) is 19.6. The molecule has 1 amide bonds. The Hall–Kier alpha value is -3.62. The van der Waals surface area contributed by atoms with Crippen molar-refractivity contribution in [1.82, 2.24) is 9.80 Å². The van der Waals surface area contributed by atoms with E-state index < -0.39 is 23.5 Å². The van der Waals surface area contributed by atoms with Crippen molar-refractivity contribution in [1.29, 1.82) is 0 Å². The molecular formula is C25H24N2O6. The number of ether oxygens (including phenoxy) is 1. The molecule has 2 aliphatic rings. The molecule has 0 unspecified atom stereocenters. The summed E-state index contributed by atoms with van der Waals surface area (Å²) < 4.78 is 11.1. The van der Waals surface area contributed by atoms with Crippen LogP contribution in [0.2, 0.25) is 0 Å². The van der Waals surface area contributed by atoms with Gasteiger partial charge in [0.15, 0.2) is 11.5 Å². The van der Waals surface area contributed by atoms with Crippen LogP contribution in [0.3, 0.4) is 0 Å². The lowest BCUT2D eigenvalue weighted by atomic mass is 9.95. The van der Waals surface area contributed by atoms with Crippen molar-refractivity contribution in [3.8, 4) is 5.75 Å². The Labute approximate surface area is 190 Å². The van der Waals surface area contributed by atoms with Crippen LogP contribution in [0.15, 0.2) is 70.3 Å². The number of rotatable bonds is 6. The van der Waals surface area contributed by atoms with Crippen LogP contribution in [0.4, 0.5) is 0 Å². The predicted molar refractivity (Wildman–Crippen MR) is 120 cm³/mol. The third kappa shape index (κ3) is 3.99. The summed E-state index contributed by atoms with van der Waals surface area (Å²) in [5.41, 5.74) is 1.03. The zero-order valence-electron chi connectivity index (χ0n) is 17.9. The molecule has 0 spiro atoms. The number of aromatic hydroxyl groups is 1. The summed E-state index contributed by atoms with van der Waals surface area (Å²) in [5, 5.41) is 21.6. The number of aliphatic hydroxyl groups is 1. The zero-order chi connectivity index (χ0) is 22.9. The van der Waals surface area contributed by atoms with Crippen LogP contribution in [0.1, 0.15) is 22.2 Å². The highest BCUT2D eigenvalue weighted by molar-refractivity contribution is 6.16. The first-order valence-corrected chi connectivity index (χ1v) is 10.9. The molecule has 5 rings (SSSR count). The van der Waals surface area contributed by atoms with E-state index in [0.717, 1.165) is 18.5 Å². The van der Waals surface area contributed by atoms with Crippen molar-refractivity contribution in [2.24, 2.45) is 0 Å². The number of Topliss-reactive ketones (excluding diaryl/α,β-unsaturated/α-hetero) is 1. The number of phenols is 1. The molecule has 3 aromatic rings. The number of fused-ring (bicyclic) bond motifs is 1. The smallest absolute Gasteiger partial charge is 0.290 e. The fraction of sp³-hybridized carbons (Fsp3) is 0.280. The second-order valence-electron chi connectivity index (χ2n) is 8.19. The first-order valence-electron chi connectivity index (χ1n) is 10.9. The van der Waals surface area contributed by atoms with Gasteiger partial charge in [-0.3, -0.25) is 14.5 Å². The summed E-state index contributed by atoms with van der Waals surface area (Å²) in [7, 11) is 0. The third-order valence-corrected chi connectivity index (χ3v) is 6.14. The number of hydrogen-bond acceptors (Lipinski definition) is 7. The molecule has 8 nitrogen and oxygen atoms in total. The number of aliphatic hydroxyl groups excluding tert-OH is 1. The van der Waals surface area contributed by atoms with Gasteiger partial charge in [-0.25, -0.2) is 0 Å². The number of amides is 1. The minimum Gasteiger partial charge on any atom is -0.508 e. The van der Waals surface area contributed by atoms with E-state index in [9.17, 15) is 19.8 Å². The highest BCUT2D eigenvalue weighted by atomic mass is 16.5. The monoisotopic (exact) mass is 448 g/mol. The maximum Gasteiger partial charge on any atom is 0.290 e. The fourth-order valence-electron chi connectivity index (χ4n) is 4.46. The summed E-state index contributed by atoms with van der Waals surface area (Å²) in [5.74, 6) is -1.70. The van der Waals surface area contributed by atoms with Crippen molar-refractivity contribution < 1.29 is 29.0 Å². The lowest BCUT2D eigenvalue weighted by Crippen LogP contribution is -2.43. The molecule has 0 aliphatic carbocycles. The minimum atomic E-state index is -0.841. The van der Waals surface area contributed by atoms with Crippen LogP contribution in [0.5, 0.6) is 5.75 Å². The fourth-order valence-corrected chi connectivity index (χ4v) is 4.46. The van der Waals surface area contributed by atoms with Crippen molar-refractivity contribution in [3.05, 3.63) is 77.3 Å². The average molecular weight is 448 g/mol. The SMILES string of the molecule is O=C(C1=C(O)C(=O)N(CCN2CCOCC2)[C@H]1c1cccc(O)c1)c1cc2ccccc2o1. The summed E-state index contributed by atoms with van der Waals surface area (Å²) in [6.45, 7) is 3.64. The number of nitrogens with zero attached hydrogens (tertiary/aromatic N) is 2. The quantitative estimate of drug-likeness (QED) is 0.559. The maximum absolute atomic E-state index is 13.5. The molecule has 33 heavy (non-hydrogen) atoms. The van der Waals surface area contributed by atoms with Gasteiger partial charge in [-0.1, -0.05) is 30.3 Å². The van der Waals surface area contributed by atoms with Gasteiger partial charge in [0.2, 0.25) is 5.78 Å². The molecule has 8 heteroatoms. The van der Waals surface area contributed by atoms with Crippen molar-refractivity contribution in [2.45, 2.75) is 6.04 Å². The Balaban J connectivity index is 1.51. The number of benzene rings is 2. The Kier molecular flexibility index (Phi) is 5.62. The number of carbonyl (C=O) groups excluding carboxylic acids is 2. The number of furan rings is 1. The molecule has 0 bridgehead atoms. The van der Waals surface area contributed by atoms with Crippen LogP contribution >= 0.6 is 0 Å². The van der Waals surface area contributed by atoms with Crippen LogP contribution in [-0.4, -0.2) is 71.1 Å². The lowest BCUT2D eigenvalue weighted by molar-refractivity contribution is -0.129. The van der Waals surface area contributed by atoms with Crippen molar-refractivity contribution in [2.75, 3.05) is 39.4 Å². The molecular weight excluding hydrogens is 424 g/mol. The molecule has 2 aliphatic heterocycles. The first kappa shape index (κ1) is 21.2. The predicted octanol–water partition coefficient (Wildman–Crippen LogP) is 3.05. The number of para-hydroxylation sites is 1. The summed E-state index contributed by atoms with van der Waals surface area (Å²) in [6, 6.07) is 14.4. The Morgan fingerprint density at radius 2 is 1.79 bits per heavy atom. The van der Waals surface area contributed by atoms with E-state index in [2.05, 4.69) is 4.90 Å². The number of phenolic OH excluding ortho intramolecular Hbond substituents is 1. The van der Waals surface area contributed by atoms with E-state index >= 15 is 0 Å². The number of morpholine rings is 1. The molecule has 2 aromatic carbocycles. The van der Waals surface area contributed by atoms with Gasteiger partial charge in [0.25, 0.3) is 5.91 Å². The largest absolute Gasteiger partial charge is 0.508 e. The minimum absolute atomic E-state index is 0.00926. The molecule has 3 heterocycles. The average Bonchev–Trinajstić information content (AvgIpc) is 3.37. The highest BCUT2D eigenvalue weighted by Crippen LogP contribution is 2.40. The van der Waals surface area contributed by atoms with Crippen LogP contribution in [-0.2, 0) is 9.53 Å². The molecule has 1 aromatic heterocycles. The molecule has 0 saturated carbocycles. The molecule has 1 fully saturated rings. The van der Waals surface area contributed by atoms with Gasteiger partial charge in [0.1, 0.15) is 11.3 Å². The number of carbonyl (C=O) groups is 2. The van der Waals surface area contributed by atoms with Gasteiger partial charge >= 0.3 is 0 Å². The topological polar surface area (TPSA) is 103 Å². The van der Waals surface area contributed by atoms with Gasteiger partial charge in [0.05, 0.1) is 24.8 Å². The first-order chi connectivity index (χ1) is 16.0. The number of ketones is 1. The summed E-state index contributed by atoms with van der Waals surface area (Å²) in [6.07, 6.45) is 0. The summed E-state index contributed by atoms with van der Waals surface area (Å²) in [4.78, 5) is 30.3. The van der Waals surface area contributed by atoms with Crippen molar-refractivity contribution >= 4 is 22.7 Å². The highest BCUT2D eigenvalue weighted by Gasteiger charge is 2.44. The Bertz CT molecular complexity index is 1210. The molecule has 0 radical (unpaired) electrons. The van der Waals surface area contributed by atoms with Gasteiger partial charge in [-0.05, 0) is 29.8 Å². The van der Waals surface area contributed by atoms with E-state index in [1.54, 1.807) is 30.3 Å². The lowest BCUT2D eigenvalue weighted by Gasteiger charge is -2.31. The third-order valence-electron chi connectivity index (χ3n) is 6.14. The van der Waals surface area contributed by atoms with Crippen LogP contribution in [0.25, 0.3) is 11.0 Å². The molecule has 2 N–H and O–H groups in total. The molecule has 1 saturated heterocycles. The van der Waals surface area contributed by atoms with E-state index in [-0.39, 0.29) is 17.1 Å². The van der Waals surface area contributed by atoms with Gasteiger partial charge < -0.3 is 24.3 Å². The standard InChI is InChI=1S/C25H24N2O6/c28-18-6-3-5-17(14-18)22-21(23(29)20-15-16-4-1-2-7-19(16)33-20)24(30)25(31)27(22)9-8-26-10-12-32-13-11-26/h1-7,14-15,22,28,30H,8-13H2/t22-/m0/s1. The summed E-state index contributed by atoms with van der Waals surface area (Å²) >= 11 is 0. The second-order valence-corrected chi connectivity index (χ2v) is 8.19.